The molecule has 0 unspecified atom stereocenters. The maximum atomic E-state index is 12.4. The molecule has 0 amide bonds. The molecule has 0 aliphatic carbocycles. The third-order valence-corrected chi connectivity index (χ3v) is 5.02. The molecule has 0 spiro atoms. The average Bonchev–Trinajstić information content (AvgIpc) is 2.77. The fourth-order valence-corrected chi connectivity index (χ4v) is 3.23. The van der Waals surface area contributed by atoms with E-state index in [1.165, 1.54) is 6.92 Å². The minimum absolute atomic E-state index is 0.0164. The summed E-state index contributed by atoms with van der Waals surface area (Å²) >= 11 is 3.34. The number of hydrogen-bond donors (Lipinski definition) is 0. The molecule has 31 heavy (non-hydrogen) atoms. The van der Waals surface area contributed by atoms with E-state index in [0.29, 0.717) is 29.7 Å². The molecule has 158 valence electrons. The highest BCUT2D eigenvalue weighted by Gasteiger charge is 2.10. The van der Waals surface area contributed by atoms with Crippen LogP contribution in [-0.4, -0.2) is 24.3 Å². The highest BCUT2D eigenvalue weighted by Crippen LogP contribution is 2.24. The van der Waals surface area contributed by atoms with Gasteiger partial charge in [0.2, 0.25) is 0 Å². The summed E-state index contributed by atoms with van der Waals surface area (Å²) in [4.78, 5) is 35.6. The highest BCUT2D eigenvalue weighted by molar-refractivity contribution is 9.10. The van der Waals surface area contributed by atoms with Crippen LogP contribution < -0.4 is 4.74 Å². The fraction of sp³-hybridized carbons (Fsp3) is 0.160. The zero-order valence-corrected chi connectivity index (χ0v) is 18.6. The molecule has 6 heteroatoms. The Balaban J connectivity index is 1.53. The molecule has 0 radical (unpaired) electrons. The Morgan fingerprint density at radius 1 is 0.839 bits per heavy atom. The Morgan fingerprint density at radius 3 is 2.23 bits per heavy atom. The minimum atomic E-state index is -0.436. The largest absolute Gasteiger partial charge is 0.462 e. The number of Topliss-reactive ketones (excluding diaryl/α,β-unsaturated/α-hetero) is 1. The van der Waals surface area contributed by atoms with Crippen LogP contribution in [0.5, 0.6) is 5.75 Å². The number of benzene rings is 3. The Kier molecular flexibility index (Phi) is 7.73. The van der Waals surface area contributed by atoms with E-state index < -0.39 is 5.97 Å². The van der Waals surface area contributed by atoms with Crippen LogP contribution in [0.4, 0.5) is 0 Å². The normalized spacial score (nSPS) is 10.4. The van der Waals surface area contributed by atoms with Gasteiger partial charge in [-0.25, -0.2) is 4.79 Å². The topological polar surface area (TPSA) is 69.7 Å². The van der Waals surface area contributed by atoms with Crippen molar-refractivity contribution in [1.29, 1.82) is 0 Å². The van der Waals surface area contributed by atoms with E-state index >= 15 is 0 Å². The summed E-state index contributed by atoms with van der Waals surface area (Å²) in [6.45, 7) is 1.52. The predicted molar refractivity (Wildman–Crippen MR) is 121 cm³/mol. The number of rotatable bonds is 8. The second-order valence-electron chi connectivity index (χ2n) is 6.87. The van der Waals surface area contributed by atoms with E-state index in [-0.39, 0.29) is 18.4 Å². The summed E-state index contributed by atoms with van der Waals surface area (Å²) in [6, 6.07) is 21.3. The maximum Gasteiger partial charge on any atom is 0.338 e. The molecule has 0 heterocycles. The van der Waals surface area contributed by atoms with E-state index in [0.717, 1.165) is 15.6 Å². The van der Waals surface area contributed by atoms with Crippen molar-refractivity contribution in [2.24, 2.45) is 0 Å². The molecule has 0 N–H and O–H groups in total. The molecule has 0 saturated heterocycles. The number of ether oxygens (including phenoxy) is 2. The van der Waals surface area contributed by atoms with Crippen molar-refractivity contribution in [3.8, 4) is 16.9 Å². The van der Waals surface area contributed by atoms with Gasteiger partial charge in [0, 0.05) is 23.4 Å². The smallest absolute Gasteiger partial charge is 0.338 e. The summed E-state index contributed by atoms with van der Waals surface area (Å²) in [5.74, 6) is -0.335. The van der Waals surface area contributed by atoms with Crippen molar-refractivity contribution in [3.05, 3.63) is 88.4 Å². The summed E-state index contributed by atoms with van der Waals surface area (Å²) in [5.41, 5.74) is 2.79. The van der Waals surface area contributed by atoms with Gasteiger partial charge in [0.25, 0.3) is 0 Å². The van der Waals surface area contributed by atoms with Gasteiger partial charge < -0.3 is 9.47 Å². The number of ketones is 1. The van der Waals surface area contributed by atoms with Gasteiger partial charge >= 0.3 is 11.9 Å². The SMILES string of the molecule is CC(=O)Oc1ccc(-c2cccc(C(=O)OCCCC(=O)c3ccc(Br)cc3)c2)cc1. The van der Waals surface area contributed by atoms with Crippen LogP contribution in [0, 0.1) is 0 Å². The molecule has 3 rings (SSSR count). The second kappa shape index (κ2) is 10.7. The second-order valence-corrected chi connectivity index (χ2v) is 7.78. The number of halogens is 1. The van der Waals surface area contributed by atoms with Gasteiger partial charge in [-0.15, -0.1) is 0 Å². The van der Waals surface area contributed by atoms with Crippen LogP contribution in [0.3, 0.4) is 0 Å². The first-order valence-corrected chi connectivity index (χ1v) is 10.6. The molecule has 0 saturated carbocycles. The van der Waals surface area contributed by atoms with Crippen LogP contribution in [0.2, 0.25) is 0 Å². The van der Waals surface area contributed by atoms with Gasteiger partial charge in [-0.2, -0.15) is 0 Å². The van der Waals surface area contributed by atoms with Gasteiger partial charge in [0.05, 0.1) is 12.2 Å². The average molecular weight is 481 g/mol. The van der Waals surface area contributed by atoms with E-state index in [1.54, 1.807) is 42.5 Å². The lowest BCUT2D eigenvalue weighted by atomic mass is 10.0. The number of esters is 2. The Morgan fingerprint density at radius 2 is 1.55 bits per heavy atom. The molecule has 0 aromatic heterocycles. The Labute approximate surface area is 189 Å². The van der Waals surface area contributed by atoms with Crippen molar-refractivity contribution in [2.45, 2.75) is 19.8 Å². The van der Waals surface area contributed by atoms with Crippen LogP contribution in [0.15, 0.2) is 77.3 Å². The summed E-state index contributed by atoms with van der Waals surface area (Å²) in [6.07, 6.45) is 0.765. The fourth-order valence-electron chi connectivity index (χ4n) is 2.97. The number of carbonyl (C=O) groups excluding carboxylic acids is 3. The number of hydrogen-bond acceptors (Lipinski definition) is 5. The van der Waals surface area contributed by atoms with Gasteiger partial charge in [-0.3, -0.25) is 9.59 Å². The van der Waals surface area contributed by atoms with Crippen LogP contribution in [0.25, 0.3) is 11.1 Å². The zero-order chi connectivity index (χ0) is 22.2. The third kappa shape index (κ3) is 6.62. The van der Waals surface area contributed by atoms with Crippen LogP contribution in [0.1, 0.15) is 40.5 Å². The molecular formula is C25H21BrO5. The maximum absolute atomic E-state index is 12.4. The predicted octanol–water partition coefficient (Wildman–Crippen LogP) is 5.86. The molecule has 0 atom stereocenters. The summed E-state index contributed by atoms with van der Waals surface area (Å²) < 4.78 is 11.3. The summed E-state index contributed by atoms with van der Waals surface area (Å²) in [5, 5.41) is 0. The van der Waals surface area contributed by atoms with Crippen molar-refractivity contribution in [1.82, 2.24) is 0 Å². The summed E-state index contributed by atoms with van der Waals surface area (Å²) in [7, 11) is 0. The zero-order valence-electron chi connectivity index (χ0n) is 17.0. The van der Waals surface area contributed by atoms with Crippen molar-refractivity contribution >= 4 is 33.7 Å². The van der Waals surface area contributed by atoms with Crippen LogP contribution in [-0.2, 0) is 9.53 Å². The third-order valence-electron chi connectivity index (χ3n) is 4.50. The van der Waals surface area contributed by atoms with Gasteiger partial charge in [-0.05, 0) is 53.9 Å². The quantitative estimate of drug-likeness (QED) is 0.174. The monoisotopic (exact) mass is 480 g/mol. The lowest BCUT2D eigenvalue weighted by Crippen LogP contribution is -2.08. The molecule has 0 fully saturated rings. The molecule has 0 bridgehead atoms. The van der Waals surface area contributed by atoms with Crippen LogP contribution >= 0.6 is 15.9 Å². The first-order chi connectivity index (χ1) is 14.9. The Bertz CT molecular complexity index is 1070. The van der Waals surface area contributed by atoms with Crippen molar-refractivity contribution in [2.75, 3.05) is 6.61 Å². The lowest BCUT2D eigenvalue weighted by Gasteiger charge is -2.08. The van der Waals surface area contributed by atoms with Gasteiger partial charge in [-0.1, -0.05) is 52.3 Å². The molecule has 3 aromatic carbocycles. The number of carbonyl (C=O) groups is 3. The molecular weight excluding hydrogens is 460 g/mol. The molecule has 0 aliphatic heterocycles. The highest BCUT2D eigenvalue weighted by atomic mass is 79.9. The first-order valence-electron chi connectivity index (χ1n) is 9.77. The van der Waals surface area contributed by atoms with Crippen molar-refractivity contribution < 1.29 is 23.9 Å². The van der Waals surface area contributed by atoms with E-state index in [9.17, 15) is 14.4 Å². The standard InChI is InChI=1S/C25H21BrO5/c1-17(27)31-23-13-9-18(10-14-23)20-4-2-5-21(16-20)25(29)30-15-3-6-24(28)19-7-11-22(26)12-8-19/h2,4-5,7-14,16H,3,6,15H2,1H3. The molecule has 3 aromatic rings. The van der Waals surface area contributed by atoms with E-state index in [4.69, 9.17) is 9.47 Å². The van der Waals surface area contributed by atoms with Gasteiger partial charge in [0.1, 0.15) is 5.75 Å². The first kappa shape index (κ1) is 22.4. The lowest BCUT2D eigenvalue weighted by molar-refractivity contribution is -0.131. The molecule has 5 nitrogen and oxygen atoms in total. The molecule has 0 aliphatic rings. The Hall–Kier alpha value is -3.25. The van der Waals surface area contributed by atoms with Crippen molar-refractivity contribution in [3.63, 3.8) is 0 Å². The van der Waals surface area contributed by atoms with E-state index in [1.807, 2.05) is 30.3 Å². The minimum Gasteiger partial charge on any atom is -0.462 e. The van der Waals surface area contributed by atoms with E-state index in [2.05, 4.69) is 15.9 Å². The van der Waals surface area contributed by atoms with Gasteiger partial charge in [0.15, 0.2) is 5.78 Å².